The number of rotatable bonds is 4. The molecule has 1 unspecified atom stereocenters. The first-order valence-electron chi connectivity index (χ1n) is 4.15. The molecule has 1 heterocycles. The van der Waals surface area contributed by atoms with Crippen LogP contribution < -0.4 is 5.73 Å². The van der Waals surface area contributed by atoms with Gasteiger partial charge in [0.25, 0.3) is 0 Å². The molecule has 0 aromatic carbocycles. The second kappa shape index (κ2) is 4.97. The maximum atomic E-state index is 10.9. The number of carbonyl (C=O) groups is 1. The molecule has 0 aliphatic heterocycles. The van der Waals surface area contributed by atoms with Crippen LogP contribution in [0.1, 0.15) is 6.42 Å². The highest BCUT2D eigenvalue weighted by Crippen LogP contribution is 2.05. The zero-order valence-electron chi connectivity index (χ0n) is 7.81. The molecule has 78 valence electrons. The summed E-state index contributed by atoms with van der Waals surface area (Å²) in [6.45, 7) is 0.545. The smallest absolute Gasteiger partial charge is 0.322 e. The average molecular weight is 218 g/mol. The molecule has 0 saturated heterocycles. The molecule has 0 bridgehead atoms. The average Bonchev–Trinajstić information content (AvgIpc) is 2.59. The monoisotopic (exact) mass is 217 g/mol. The molecule has 0 spiro atoms. The van der Waals surface area contributed by atoms with Crippen molar-refractivity contribution in [3.8, 4) is 0 Å². The van der Waals surface area contributed by atoms with E-state index in [-0.39, 0.29) is 0 Å². The van der Waals surface area contributed by atoms with Crippen LogP contribution in [0.15, 0.2) is 12.4 Å². The second-order valence-corrected chi connectivity index (χ2v) is 3.28. The first-order valence-corrected chi connectivity index (χ1v) is 4.52. The highest BCUT2D eigenvalue weighted by Gasteiger charge is 2.13. The first kappa shape index (κ1) is 11.0. The number of aromatic nitrogens is 2. The summed E-state index contributed by atoms with van der Waals surface area (Å²) in [5, 5.41) is 4.52. The summed E-state index contributed by atoms with van der Waals surface area (Å²) in [4.78, 5) is 10.9. The molecule has 0 amide bonds. The Bertz CT molecular complexity index is 313. The minimum Gasteiger partial charge on any atom is -0.468 e. The highest BCUT2D eigenvalue weighted by atomic mass is 35.5. The lowest BCUT2D eigenvalue weighted by Gasteiger charge is -2.08. The molecule has 14 heavy (non-hydrogen) atoms. The molecule has 0 fully saturated rings. The zero-order chi connectivity index (χ0) is 10.6. The van der Waals surface area contributed by atoms with E-state index in [1.54, 1.807) is 10.9 Å². The molecule has 1 rings (SSSR count). The fourth-order valence-electron chi connectivity index (χ4n) is 1.00. The van der Waals surface area contributed by atoms with Gasteiger partial charge >= 0.3 is 5.97 Å². The third kappa shape index (κ3) is 3.01. The first-order chi connectivity index (χ1) is 6.63. The lowest BCUT2D eigenvalue weighted by Crippen LogP contribution is -2.32. The number of nitrogens with zero attached hydrogens (tertiary/aromatic N) is 2. The quantitative estimate of drug-likeness (QED) is 0.743. The van der Waals surface area contributed by atoms with Crippen LogP contribution in [0.4, 0.5) is 0 Å². The number of methoxy groups -OCH3 is 1. The van der Waals surface area contributed by atoms with Crippen molar-refractivity contribution in [1.82, 2.24) is 9.78 Å². The van der Waals surface area contributed by atoms with E-state index in [0.29, 0.717) is 18.0 Å². The lowest BCUT2D eigenvalue weighted by molar-refractivity contribution is -0.142. The number of carbonyl (C=O) groups excluding carboxylic acids is 1. The Kier molecular flexibility index (Phi) is 3.91. The number of hydrogen-bond donors (Lipinski definition) is 1. The van der Waals surface area contributed by atoms with E-state index in [0.717, 1.165) is 0 Å². The van der Waals surface area contributed by atoms with Crippen LogP contribution in [0.2, 0.25) is 5.02 Å². The van der Waals surface area contributed by atoms with Crippen molar-refractivity contribution in [2.45, 2.75) is 19.0 Å². The molecular weight excluding hydrogens is 206 g/mol. The number of hydrogen-bond acceptors (Lipinski definition) is 4. The summed E-state index contributed by atoms with van der Waals surface area (Å²) < 4.78 is 6.12. The van der Waals surface area contributed by atoms with Gasteiger partial charge < -0.3 is 10.5 Å². The molecule has 1 aromatic rings. The van der Waals surface area contributed by atoms with Crippen molar-refractivity contribution in [3.63, 3.8) is 0 Å². The van der Waals surface area contributed by atoms with Crippen LogP contribution in [-0.2, 0) is 16.1 Å². The summed E-state index contributed by atoms with van der Waals surface area (Å²) >= 11 is 5.66. The lowest BCUT2D eigenvalue weighted by atomic mass is 10.2. The molecule has 6 heteroatoms. The maximum Gasteiger partial charge on any atom is 0.322 e. The third-order valence-corrected chi connectivity index (χ3v) is 1.97. The molecular formula is C8H12ClN3O2. The van der Waals surface area contributed by atoms with Gasteiger partial charge in [0.05, 0.1) is 18.3 Å². The van der Waals surface area contributed by atoms with Crippen LogP contribution in [0.25, 0.3) is 0 Å². The predicted molar refractivity (Wildman–Crippen MR) is 51.8 cm³/mol. The molecule has 5 nitrogen and oxygen atoms in total. The van der Waals surface area contributed by atoms with E-state index in [1.165, 1.54) is 13.3 Å². The molecule has 0 radical (unpaired) electrons. The van der Waals surface area contributed by atoms with E-state index in [4.69, 9.17) is 17.3 Å². The van der Waals surface area contributed by atoms with Crippen molar-refractivity contribution >= 4 is 17.6 Å². The van der Waals surface area contributed by atoms with Gasteiger partial charge in [-0.2, -0.15) is 5.10 Å². The van der Waals surface area contributed by atoms with Gasteiger partial charge in [0, 0.05) is 12.7 Å². The number of halogens is 1. The van der Waals surface area contributed by atoms with Crippen LogP contribution >= 0.6 is 11.6 Å². The minimum atomic E-state index is -0.608. The van der Waals surface area contributed by atoms with E-state index in [1.807, 2.05) is 0 Å². The van der Waals surface area contributed by atoms with Crippen LogP contribution in [-0.4, -0.2) is 28.9 Å². The second-order valence-electron chi connectivity index (χ2n) is 2.84. The van der Waals surface area contributed by atoms with Crippen molar-refractivity contribution < 1.29 is 9.53 Å². The van der Waals surface area contributed by atoms with Crippen LogP contribution in [0.5, 0.6) is 0 Å². The van der Waals surface area contributed by atoms with Crippen molar-refractivity contribution in [1.29, 1.82) is 0 Å². The molecule has 1 aromatic heterocycles. The van der Waals surface area contributed by atoms with Gasteiger partial charge in [-0.05, 0) is 6.42 Å². The molecule has 2 N–H and O–H groups in total. The Labute approximate surface area is 86.8 Å². The number of aryl methyl sites for hydroxylation is 1. The Morgan fingerprint density at radius 1 is 1.86 bits per heavy atom. The van der Waals surface area contributed by atoms with Gasteiger partial charge in [-0.1, -0.05) is 11.6 Å². The summed E-state index contributed by atoms with van der Waals surface area (Å²) in [5.41, 5.74) is 5.53. The van der Waals surface area contributed by atoms with Gasteiger partial charge in [0.1, 0.15) is 6.04 Å². The molecule has 0 saturated carbocycles. The summed E-state index contributed by atoms with van der Waals surface area (Å²) in [6, 6.07) is -0.608. The topological polar surface area (TPSA) is 70.1 Å². The Morgan fingerprint density at radius 3 is 3.07 bits per heavy atom. The highest BCUT2D eigenvalue weighted by molar-refractivity contribution is 6.30. The predicted octanol–water partition coefficient (Wildman–Crippen LogP) is 0.427. The van der Waals surface area contributed by atoms with Gasteiger partial charge in [0.2, 0.25) is 0 Å². The normalized spacial score (nSPS) is 12.5. The Morgan fingerprint density at radius 2 is 2.57 bits per heavy atom. The Hall–Kier alpha value is -1.07. The van der Waals surface area contributed by atoms with E-state index >= 15 is 0 Å². The van der Waals surface area contributed by atoms with Crippen molar-refractivity contribution in [2.24, 2.45) is 5.73 Å². The Balaban J connectivity index is 2.37. The molecule has 0 aliphatic carbocycles. The van der Waals surface area contributed by atoms with Crippen LogP contribution in [0, 0.1) is 0 Å². The number of ether oxygens (including phenoxy) is 1. The maximum absolute atomic E-state index is 10.9. The van der Waals surface area contributed by atoms with E-state index in [2.05, 4.69) is 9.84 Å². The standard InChI is InChI=1S/C8H12ClN3O2/c1-14-8(13)7(10)2-3-12-5-6(9)4-11-12/h4-5,7H,2-3,10H2,1H3. The van der Waals surface area contributed by atoms with E-state index < -0.39 is 12.0 Å². The number of nitrogens with two attached hydrogens (primary N) is 1. The third-order valence-electron chi connectivity index (χ3n) is 1.77. The molecule has 0 aliphatic rings. The van der Waals surface area contributed by atoms with Gasteiger partial charge in [0.15, 0.2) is 0 Å². The SMILES string of the molecule is COC(=O)C(N)CCn1cc(Cl)cn1. The summed E-state index contributed by atoms with van der Waals surface area (Å²) in [5.74, 6) is -0.414. The fourth-order valence-corrected chi connectivity index (χ4v) is 1.16. The zero-order valence-corrected chi connectivity index (χ0v) is 8.57. The fraction of sp³-hybridized carbons (Fsp3) is 0.500. The van der Waals surface area contributed by atoms with Crippen LogP contribution in [0.3, 0.4) is 0 Å². The number of esters is 1. The summed E-state index contributed by atoms with van der Waals surface area (Å²) in [6.07, 6.45) is 3.68. The van der Waals surface area contributed by atoms with Gasteiger partial charge in [-0.25, -0.2) is 0 Å². The van der Waals surface area contributed by atoms with Gasteiger partial charge in [-0.15, -0.1) is 0 Å². The minimum absolute atomic E-state index is 0.414. The van der Waals surface area contributed by atoms with Crippen molar-refractivity contribution in [2.75, 3.05) is 7.11 Å². The van der Waals surface area contributed by atoms with Crippen molar-refractivity contribution in [3.05, 3.63) is 17.4 Å². The molecule has 1 atom stereocenters. The van der Waals surface area contributed by atoms with E-state index in [9.17, 15) is 4.79 Å². The van der Waals surface area contributed by atoms with Gasteiger partial charge in [-0.3, -0.25) is 9.48 Å². The largest absolute Gasteiger partial charge is 0.468 e. The summed E-state index contributed by atoms with van der Waals surface area (Å²) in [7, 11) is 1.31.